The molecule has 3 N–H and O–H groups in total. The second-order valence-corrected chi connectivity index (χ2v) is 6.90. The molecule has 28 heavy (non-hydrogen) atoms. The second-order valence-electron chi connectivity index (χ2n) is 6.47. The maximum absolute atomic E-state index is 5.91. The van der Waals surface area contributed by atoms with Gasteiger partial charge >= 0.3 is 0 Å². The van der Waals surface area contributed by atoms with Crippen LogP contribution in [0.1, 0.15) is 11.4 Å². The minimum absolute atomic E-state index is 0.172. The fourth-order valence-corrected chi connectivity index (χ4v) is 2.70. The van der Waals surface area contributed by atoms with Crippen molar-refractivity contribution in [3.8, 4) is 5.75 Å². The van der Waals surface area contributed by atoms with Gasteiger partial charge in [-0.05, 0) is 55.9 Å². The lowest BCUT2D eigenvalue weighted by Crippen LogP contribution is -2.25. The Bertz CT molecular complexity index is 919. The van der Waals surface area contributed by atoms with Gasteiger partial charge in [0.15, 0.2) is 0 Å². The number of aryl methyl sites for hydroxylation is 1. The molecule has 7 nitrogen and oxygen atoms in total. The van der Waals surface area contributed by atoms with E-state index in [1.165, 1.54) is 5.56 Å². The first-order valence-electron chi connectivity index (χ1n) is 8.89. The lowest BCUT2D eigenvalue weighted by molar-refractivity contribution is 0.229. The monoisotopic (exact) mass is 398 g/mol. The van der Waals surface area contributed by atoms with Crippen molar-refractivity contribution in [2.45, 2.75) is 13.5 Å². The van der Waals surface area contributed by atoms with Crippen molar-refractivity contribution in [3.63, 3.8) is 0 Å². The van der Waals surface area contributed by atoms with Crippen LogP contribution in [0.15, 0.2) is 48.5 Å². The molecule has 0 spiro atoms. The van der Waals surface area contributed by atoms with E-state index in [9.17, 15) is 0 Å². The zero-order chi connectivity index (χ0) is 19.9. The first-order valence-corrected chi connectivity index (χ1v) is 9.27. The van der Waals surface area contributed by atoms with E-state index in [2.05, 4.69) is 25.2 Å². The standard InChI is InChI=1S/C20H23ClN6O/c1-14-4-3-5-17(12-14)28-11-10-27(2)13-18-24-19(22)26-20(25-18)23-16-8-6-15(21)7-9-16/h3-9,12H,10-11,13H2,1-2H3,(H3,22,23,24,25,26). The Labute approximate surface area is 169 Å². The fourth-order valence-electron chi connectivity index (χ4n) is 2.57. The van der Waals surface area contributed by atoms with Crippen LogP contribution >= 0.6 is 11.6 Å². The van der Waals surface area contributed by atoms with Gasteiger partial charge < -0.3 is 15.8 Å². The molecular formula is C20H23ClN6O. The molecule has 1 aromatic heterocycles. The minimum atomic E-state index is 0.172. The Morgan fingerprint density at radius 2 is 1.89 bits per heavy atom. The molecule has 1 heterocycles. The molecular weight excluding hydrogens is 376 g/mol. The molecule has 0 saturated heterocycles. The van der Waals surface area contributed by atoms with Crippen LogP contribution in [-0.2, 0) is 6.54 Å². The zero-order valence-electron chi connectivity index (χ0n) is 15.9. The van der Waals surface area contributed by atoms with Gasteiger partial charge in [-0.2, -0.15) is 15.0 Å². The van der Waals surface area contributed by atoms with Gasteiger partial charge in [-0.15, -0.1) is 0 Å². The van der Waals surface area contributed by atoms with E-state index in [1.54, 1.807) is 12.1 Å². The number of likely N-dealkylation sites (N-methyl/N-ethyl adjacent to an activating group) is 1. The summed E-state index contributed by atoms with van der Waals surface area (Å²) in [6.45, 7) is 3.86. The van der Waals surface area contributed by atoms with Gasteiger partial charge in [0, 0.05) is 17.3 Å². The van der Waals surface area contributed by atoms with E-state index in [4.69, 9.17) is 22.1 Å². The maximum atomic E-state index is 5.91. The number of ether oxygens (including phenoxy) is 1. The molecule has 0 aliphatic carbocycles. The largest absolute Gasteiger partial charge is 0.492 e. The van der Waals surface area contributed by atoms with Crippen molar-refractivity contribution in [3.05, 3.63) is 64.9 Å². The molecule has 3 aromatic rings. The van der Waals surface area contributed by atoms with Crippen molar-refractivity contribution in [2.75, 3.05) is 31.2 Å². The first-order chi connectivity index (χ1) is 13.5. The summed E-state index contributed by atoms with van der Waals surface area (Å²) in [5.74, 6) is 2.02. The van der Waals surface area contributed by atoms with Gasteiger partial charge in [0.05, 0.1) is 6.54 Å². The van der Waals surface area contributed by atoms with Gasteiger partial charge in [-0.3, -0.25) is 4.90 Å². The average Bonchev–Trinajstić information content (AvgIpc) is 2.63. The molecule has 8 heteroatoms. The lowest BCUT2D eigenvalue weighted by atomic mass is 10.2. The number of hydrogen-bond donors (Lipinski definition) is 2. The Hall–Kier alpha value is -2.90. The quantitative estimate of drug-likeness (QED) is 0.598. The molecule has 0 fully saturated rings. The number of halogens is 1. The van der Waals surface area contributed by atoms with Crippen molar-refractivity contribution >= 4 is 29.2 Å². The van der Waals surface area contributed by atoms with Gasteiger partial charge in [-0.25, -0.2) is 0 Å². The molecule has 0 amide bonds. The van der Waals surface area contributed by atoms with Crippen LogP contribution in [0.4, 0.5) is 17.6 Å². The lowest BCUT2D eigenvalue weighted by Gasteiger charge is -2.16. The SMILES string of the molecule is Cc1cccc(OCCN(C)Cc2nc(N)nc(Nc3ccc(Cl)cc3)n2)c1. The Balaban J connectivity index is 1.55. The van der Waals surface area contributed by atoms with Crippen molar-refractivity contribution < 1.29 is 4.74 Å². The number of benzene rings is 2. The van der Waals surface area contributed by atoms with Crippen molar-refractivity contribution in [1.82, 2.24) is 19.9 Å². The molecule has 0 aliphatic rings. The summed E-state index contributed by atoms with van der Waals surface area (Å²) >= 11 is 5.91. The van der Waals surface area contributed by atoms with Crippen molar-refractivity contribution in [2.24, 2.45) is 0 Å². The number of nitrogens with one attached hydrogen (secondary N) is 1. The number of nitrogen functional groups attached to an aromatic ring is 1. The van der Waals surface area contributed by atoms with Crippen molar-refractivity contribution in [1.29, 1.82) is 0 Å². The zero-order valence-corrected chi connectivity index (χ0v) is 16.6. The third-order valence-electron chi connectivity index (χ3n) is 3.94. The Kier molecular flexibility index (Phi) is 6.62. The van der Waals surface area contributed by atoms with E-state index in [1.807, 2.05) is 50.4 Å². The second kappa shape index (κ2) is 9.34. The summed E-state index contributed by atoms with van der Waals surface area (Å²) in [6, 6.07) is 15.3. The smallest absolute Gasteiger partial charge is 0.232 e. The van der Waals surface area contributed by atoms with Gasteiger partial charge in [0.25, 0.3) is 0 Å². The highest BCUT2D eigenvalue weighted by Gasteiger charge is 2.08. The molecule has 3 rings (SSSR count). The van der Waals surface area contributed by atoms with Crippen LogP contribution in [0.2, 0.25) is 5.02 Å². The molecule has 0 unspecified atom stereocenters. The molecule has 0 atom stereocenters. The summed E-state index contributed by atoms with van der Waals surface area (Å²) in [5, 5.41) is 3.77. The number of rotatable bonds is 8. The molecule has 0 bridgehead atoms. The first kappa shape index (κ1) is 19.9. The number of aromatic nitrogens is 3. The summed E-state index contributed by atoms with van der Waals surface area (Å²) < 4.78 is 5.79. The normalized spacial score (nSPS) is 10.9. The summed E-state index contributed by atoms with van der Waals surface area (Å²) in [7, 11) is 1.98. The van der Waals surface area contributed by atoms with Crippen LogP contribution in [0.25, 0.3) is 0 Å². The van der Waals surface area contributed by atoms with E-state index >= 15 is 0 Å². The third kappa shape index (κ3) is 6.07. The minimum Gasteiger partial charge on any atom is -0.492 e. The Morgan fingerprint density at radius 3 is 2.64 bits per heavy atom. The van der Waals surface area contributed by atoms with E-state index < -0.39 is 0 Å². The van der Waals surface area contributed by atoms with Crippen LogP contribution < -0.4 is 15.8 Å². The molecule has 0 radical (unpaired) electrons. The Morgan fingerprint density at radius 1 is 1.11 bits per heavy atom. The number of nitrogens with two attached hydrogens (primary N) is 1. The van der Waals surface area contributed by atoms with Crippen LogP contribution in [0, 0.1) is 6.92 Å². The summed E-state index contributed by atoms with van der Waals surface area (Å²) in [6.07, 6.45) is 0. The van der Waals surface area contributed by atoms with E-state index in [-0.39, 0.29) is 5.95 Å². The van der Waals surface area contributed by atoms with Crippen LogP contribution in [-0.4, -0.2) is 40.1 Å². The average molecular weight is 399 g/mol. The van der Waals surface area contributed by atoms with Gasteiger partial charge in [-0.1, -0.05) is 23.7 Å². The maximum Gasteiger partial charge on any atom is 0.232 e. The highest BCUT2D eigenvalue weighted by Crippen LogP contribution is 2.17. The highest BCUT2D eigenvalue weighted by atomic mass is 35.5. The fraction of sp³-hybridized carbons (Fsp3) is 0.250. The van der Waals surface area contributed by atoms with E-state index in [0.29, 0.717) is 29.9 Å². The molecule has 2 aromatic carbocycles. The highest BCUT2D eigenvalue weighted by molar-refractivity contribution is 6.30. The van der Waals surface area contributed by atoms with Crippen LogP contribution in [0.3, 0.4) is 0 Å². The third-order valence-corrected chi connectivity index (χ3v) is 4.19. The number of anilines is 3. The summed E-state index contributed by atoms with van der Waals surface area (Å²) in [5.41, 5.74) is 7.83. The number of hydrogen-bond acceptors (Lipinski definition) is 7. The predicted octanol–water partition coefficient (Wildman–Crippen LogP) is 3.67. The van der Waals surface area contributed by atoms with Gasteiger partial charge in [0.2, 0.25) is 11.9 Å². The predicted molar refractivity (Wildman–Crippen MR) is 112 cm³/mol. The molecule has 0 saturated carbocycles. The topological polar surface area (TPSA) is 89.2 Å². The number of nitrogens with zero attached hydrogens (tertiary/aromatic N) is 4. The summed E-state index contributed by atoms with van der Waals surface area (Å²) in [4.78, 5) is 14.9. The van der Waals surface area contributed by atoms with Crippen LogP contribution in [0.5, 0.6) is 5.75 Å². The molecule has 146 valence electrons. The van der Waals surface area contributed by atoms with Gasteiger partial charge in [0.1, 0.15) is 18.2 Å². The molecule has 0 aliphatic heterocycles. The van der Waals surface area contributed by atoms with E-state index in [0.717, 1.165) is 18.0 Å².